The van der Waals surface area contributed by atoms with Crippen molar-refractivity contribution in [3.05, 3.63) is 96.9 Å². The maximum absolute atomic E-state index is 13.1. The van der Waals surface area contributed by atoms with Gasteiger partial charge in [0.25, 0.3) is 11.8 Å². The maximum atomic E-state index is 13.1. The predicted octanol–water partition coefficient (Wildman–Crippen LogP) is 6.38. The molecule has 1 aliphatic heterocycles. The molecule has 0 bridgehead atoms. The van der Waals surface area contributed by atoms with Crippen LogP contribution in [0.5, 0.6) is 5.75 Å². The number of nitrogens with zero attached hydrogens (tertiary/aromatic N) is 1. The average molecular weight is 598 g/mol. The van der Waals surface area contributed by atoms with Crippen molar-refractivity contribution in [1.29, 1.82) is 0 Å². The highest BCUT2D eigenvalue weighted by Gasteiger charge is 2.36. The molecule has 178 valence electrons. The van der Waals surface area contributed by atoms with E-state index in [1.165, 1.54) is 17.2 Å². The number of aryl methyl sites for hydroxylation is 3. The minimum absolute atomic E-state index is 0.138. The molecule has 0 spiro atoms. The third-order valence-corrected chi connectivity index (χ3v) is 6.95. The molecule has 3 aromatic carbocycles. The van der Waals surface area contributed by atoms with Crippen LogP contribution in [0.25, 0.3) is 6.08 Å². The first-order valence-corrected chi connectivity index (χ1v) is 12.4. The van der Waals surface area contributed by atoms with Gasteiger partial charge in [-0.2, -0.15) is 0 Å². The summed E-state index contributed by atoms with van der Waals surface area (Å²) in [4.78, 5) is 39.0. The number of imide groups is 2. The standard InChI is InChI=1S/C27H22Br2N2O4/c1-15-8-16(2)10-19(9-15)14-35-24-7-4-18(13-23(24)29)12-21-25(32)30-27(34)31(26(21)33)20-5-6-22(28)17(3)11-20/h4-13H,14H2,1-3H3,(H,30,32,34)/b21-12-. The number of hydrogen-bond donors (Lipinski definition) is 1. The number of urea groups is 1. The van der Waals surface area contributed by atoms with E-state index in [-0.39, 0.29) is 5.57 Å². The summed E-state index contributed by atoms with van der Waals surface area (Å²) in [5.74, 6) is -0.795. The molecule has 1 aliphatic rings. The molecule has 0 saturated carbocycles. The molecule has 6 nitrogen and oxygen atoms in total. The normalized spacial score (nSPS) is 14.9. The predicted molar refractivity (Wildman–Crippen MR) is 142 cm³/mol. The summed E-state index contributed by atoms with van der Waals surface area (Å²) in [5, 5.41) is 2.25. The zero-order valence-electron chi connectivity index (χ0n) is 19.3. The van der Waals surface area contributed by atoms with Crippen LogP contribution in [0, 0.1) is 20.8 Å². The Bertz CT molecular complexity index is 1380. The van der Waals surface area contributed by atoms with Gasteiger partial charge in [-0.3, -0.25) is 14.9 Å². The van der Waals surface area contributed by atoms with Crippen LogP contribution in [0.15, 0.2) is 69.1 Å². The number of halogens is 2. The fraction of sp³-hybridized carbons (Fsp3) is 0.148. The molecule has 3 aromatic rings. The summed E-state index contributed by atoms with van der Waals surface area (Å²) < 4.78 is 7.49. The van der Waals surface area contributed by atoms with Gasteiger partial charge in [0.15, 0.2) is 0 Å². The van der Waals surface area contributed by atoms with Crippen molar-refractivity contribution in [3.8, 4) is 5.75 Å². The van der Waals surface area contributed by atoms with E-state index in [9.17, 15) is 14.4 Å². The molecule has 1 heterocycles. The van der Waals surface area contributed by atoms with Gasteiger partial charge in [-0.05, 0) is 89.8 Å². The highest BCUT2D eigenvalue weighted by atomic mass is 79.9. The van der Waals surface area contributed by atoms with Gasteiger partial charge in [0.1, 0.15) is 17.9 Å². The monoisotopic (exact) mass is 596 g/mol. The highest BCUT2D eigenvalue weighted by Crippen LogP contribution is 2.30. The van der Waals surface area contributed by atoms with Gasteiger partial charge in [0.2, 0.25) is 0 Å². The lowest BCUT2D eigenvalue weighted by Crippen LogP contribution is -2.54. The summed E-state index contributed by atoms with van der Waals surface area (Å²) in [5.41, 5.74) is 5.11. The van der Waals surface area contributed by atoms with Gasteiger partial charge < -0.3 is 4.74 Å². The van der Waals surface area contributed by atoms with Crippen LogP contribution in [0.1, 0.15) is 27.8 Å². The number of amides is 4. The van der Waals surface area contributed by atoms with Crippen molar-refractivity contribution < 1.29 is 19.1 Å². The van der Waals surface area contributed by atoms with Gasteiger partial charge >= 0.3 is 6.03 Å². The highest BCUT2D eigenvalue weighted by molar-refractivity contribution is 9.10. The molecule has 0 atom stereocenters. The van der Waals surface area contributed by atoms with Crippen LogP contribution in [0.2, 0.25) is 0 Å². The molecule has 1 N–H and O–H groups in total. The number of hydrogen-bond acceptors (Lipinski definition) is 4. The number of ether oxygens (including phenoxy) is 1. The van der Waals surface area contributed by atoms with Gasteiger partial charge in [-0.15, -0.1) is 0 Å². The van der Waals surface area contributed by atoms with Crippen molar-refractivity contribution in [1.82, 2.24) is 5.32 Å². The largest absolute Gasteiger partial charge is 0.488 e. The van der Waals surface area contributed by atoms with E-state index < -0.39 is 17.8 Å². The van der Waals surface area contributed by atoms with Crippen LogP contribution in [0.3, 0.4) is 0 Å². The summed E-state index contributed by atoms with van der Waals surface area (Å²) >= 11 is 6.92. The van der Waals surface area contributed by atoms with Crippen molar-refractivity contribution >= 4 is 61.5 Å². The lowest BCUT2D eigenvalue weighted by atomic mass is 10.1. The second-order valence-electron chi connectivity index (χ2n) is 8.37. The Hall–Kier alpha value is -3.23. The Kier molecular flexibility index (Phi) is 7.23. The number of carbonyl (C=O) groups excluding carboxylic acids is 3. The zero-order valence-corrected chi connectivity index (χ0v) is 22.5. The van der Waals surface area contributed by atoms with E-state index in [4.69, 9.17) is 4.74 Å². The quantitative estimate of drug-likeness (QED) is 0.273. The van der Waals surface area contributed by atoms with Gasteiger partial charge in [0.05, 0.1) is 10.2 Å². The van der Waals surface area contributed by atoms with E-state index in [1.807, 2.05) is 20.8 Å². The van der Waals surface area contributed by atoms with E-state index in [0.29, 0.717) is 28.1 Å². The molecule has 4 amide bonds. The summed E-state index contributed by atoms with van der Waals surface area (Å²) in [6, 6.07) is 15.8. The van der Waals surface area contributed by atoms with Crippen LogP contribution >= 0.6 is 31.9 Å². The topological polar surface area (TPSA) is 75.7 Å². The lowest BCUT2D eigenvalue weighted by molar-refractivity contribution is -0.122. The molecule has 35 heavy (non-hydrogen) atoms. The van der Waals surface area contributed by atoms with Crippen molar-refractivity contribution in [2.45, 2.75) is 27.4 Å². The first-order valence-electron chi connectivity index (χ1n) is 10.8. The molecule has 8 heteroatoms. The third-order valence-electron chi connectivity index (χ3n) is 5.44. The van der Waals surface area contributed by atoms with Crippen molar-refractivity contribution in [2.75, 3.05) is 4.90 Å². The van der Waals surface area contributed by atoms with E-state index >= 15 is 0 Å². The molecule has 0 radical (unpaired) electrons. The Morgan fingerprint density at radius 3 is 2.26 bits per heavy atom. The summed E-state index contributed by atoms with van der Waals surface area (Å²) in [6.07, 6.45) is 1.46. The molecule has 0 unspecified atom stereocenters. The molecule has 1 fully saturated rings. The van der Waals surface area contributed by atoms with Crippen LogP contribution in [0.4, 0.5) is 10.5 Å². The maximum Gasteiger partial charge on any atom is 0.335 e. The van der Waals surface area contributed by atoms with Gasteiger partial charge in [-0.1, -0.05) is 51.3 Å². The fourth-order valence-electron chi connectivity index (χ4n) is 3.86. The SMILES string of the molecule is Cc1cc(C)cc(COc2ccc(/C=C3/C(=O)NC(=O)N(c4ccc(Br)c(C)c4)C3=O)cc2Br)c1. The van der Waals surface area contributed by atoms with E-state index in [0.717, 1.165) is 20.5 Å². The Morgan fingerprint density at radius 1 is 0.886 bits per heavy atom. The van der Waals surface area contributed by atoms with Crippen molar-refractivity contribution in [2.24, 2.45) is 0 Å². The van der Waals surface area contributed by atoms with Gasteiger partial charge in [-0.25, -0.2) is 9.69 Å². The van der Waals surface area contributed by atoms with Crippen LogP contribution in [-0.2, 0) is 16.2 Å². The zero-order chi connectivity index (χ0) is 25.3. The summed E-state index contributed by atoms with van der Waals surface area (Å²) in [6.45, 7) is 6.35. The molecular weight excluding hydrogens is 576 g/mol. The smallest absolute Gasteiger partial charge is 0.335 e. The minimum atomic E-state index is -0.782. The first kappa shape index (κ1) is 24.9. The second kappa shape index (κ2) is 10.2. The minimum Gasteiger partial charge on any atom is -0.488 e. The number of rotatable bonds is 5. The number of anilines is 1. The number of barbiturate groups is 1. The van der Waals surface area contributed by atoms with Crippen LogP contribution < -0.4 is 15.0 Å². The molecule has 4 rings (SSSR count). The first-order chi connectivity index (χ1) is 16.6. The average Bonchev–Trinajstić information content (AvgIpc) is 2.77. The number of carbonyl (C=O) groups is 3. The fourth-order valence-corrected chi connectivity index (χ4v) is 4.62. The Labute approximate surface area is 220 Å². The van der Waals surface area contributed by atoms with E-state index in [1.54, 1.807) is 36.4 Å². The van der Waals surface area contributed by atoms with Crippen molar-refractivity contribution in [3.63, 3.8) is 0 Å². The Morgan fingerprint density at radius 2 is 1.60 bits per heavy atom. The molecule has 0 aliphatic carbocycles. The van der Waals surface area contributed by atoms with Gasteiger partial charge in [0, 0.05) is 4.47 Å². The van der Waals surface area contributed by atoms with E-state index in [2.05, 4.69) is 55.4 Å². The molecular formula is C27H22Br2N2O4. The third kappa shape index (κ3) is 5.55. The van der Waals surface area contributed by atoms with Crippen LogP contribution in [-0.4, -0.2) is 17.8 Å². The Balaban J connectivity index is 1.57. The second-order valence-corrected chi connectivity index (χ2v) is 10.1. The number of benzene rings is 3. The lowest BCUT2D eigenvalue weighted by Gasteiger charge is -2.26. The summed E-state index contributed by atoms with van der Waals surface area (Å²) in [7, 11) is 0. The molecule has 0 aromatic heterocycles. The number of nitrogens with one attached hydrogen (secondary N) is 1. The molecule has 1 saturated heterocycles.